The molecule has 0 aliphatic heterocycles. The van der Waals surface area contributed by atoms with Crippen LogP contribution in [0.1, 0.15) is 0 Å². The number of benzene rings is 7. The standard InChI is InChI=1S/C46H26N2OS2/c1-2-11-27(12-3-1)41-43-42(48-46(47-41)36-20-10-19-35-33-16-5-7-22-40(33)51-45(35)36)37-26-29(23-24-38(37)49-43)28-13-8-14-30(25-28)31-17-9-18-34-32-15-4-6-21-39(32)50-44(31)34/h1-26H. The molecule has 11 rings (SSSR count). The van der Waals surface area contributed by atoms with Crippen LogP contribution in [0.15, 0.2) is 162 Å². The Morgan fingerprint density at radius 3 is 1.76 bits per heavy atom. The number of aromatic nitrogens is 2. The molecule has 0 saturated heterocycles. The molecule has 0 atom stereocenters. The van der Waals surface area contributed by atoms with Crippen molar-refractivity contribution in [1.82, 2.24) is 9.97 Å². The van der Waals surface area contributed by atoms with E-state index < -0.39 is 0 Å². The van der Waals surface area contributed by atoms with Crippen LogP contribution in [0, 0.1) is 0 Å². The van der Waals surface area contributed by atoms with Gasteiger partial charge in [0.1, 0.15) is 16.8 Å². The fourth-order valence-corrected chi connectivity index (χ4v) is 9.95. The van der Waals surface area contributed by atoms with Crippen LogP contribution in [-0.2, 0) is 0 Å². The number of hydrogen-bond donors (Lipinski definition) is 0. The molecule has 3 nitrogen and oxygen atoms in total. The van der Waals surface area contributed by atoms with Crippen molar-refractivity contribution in [2.24, 2.45) is 0 Å². The van der Waals surface area contributed by atoms with E-state index in [-0.39, 0.29) is 0 Å². The van der Waals surface area contributed by atoms with E-state index in [1.165, 1.54) is 51.5 Å². The molecule has 0 N–H and O–H groups in total. The van der Waals surface area contributed by atoms with Crippen LogP contribution >= 0.6 is 22.7 Å². The summed E-state index contributed by atoms with van der Waals surface area (Å²) in [6.45, 7) is 0. The lowest BCUT2D eigenvalue weighted by atomic mass is 9.97. The largest absolute Gasteiger partial charge is 0.452 e. The van der Waals surface area contributed by atoms with Gasteiger partial charge in [0, 0.05) is 56.9 Å². The summed E-state index contributed by atoms with van der Waals surface area (Å²) >= 11 is 3.66. The first-order valence-electron chi connectivity index (χ1n) is 17.0. The van der Waals surface area contributed by atoms with E-state index in [4.69, 9.17) is 14.4 Å². The molecule has 0 amide bonds. The smallest absolute Gasteiger partial charge is 0.180 e. The Labute approximate surface area is 300 Å². The van der Waals surface area contributed by atoms with E-state index in [1.54, 1.807) is 11.3 Å². The average molecular weight is 687 g/mol. The van der Waals surface area contributed by atoms with E-state index in [0.29, 0.717) is 11.4 Å². The molecule has 238 valence electrons. The van der Waals surface area contributed by atoms with Crippen molar-refractivity contribution in [3.8, 4) is 44.9 Å². The third-order valence-corrected chi connectivity index (χ3v) is 12.4. The van der Waals surface area contributed by atoms with E-state index >= 15 is 0 Å². The first kappa shape index (κ1) is 28.7. The van der Waals surface area contributed by atoms with Crippen molar-refractivity contribution in [3.63, 3.8) is 0 Å². The van der Waals surface area contributed by atoms with Gasteiger partial charge in [-0.3, -0.25) is 0 Å². The van der Waals surface area contributed by atoms with E-state index in [1.807, 2.05) is 29.5 Å². The Balaban J connectivity index is 1.11. The van der Waals surface area contributed by atoms with Crippen LogP contribution < -0.4 is 0 Å². The third-order valence-electron chi connectivity index (χ3n) is 9.92. The monoisotopic (exact) mass is 686 g/mol. The minimum Gasteiger partial charge on any atom is -0.452 e. The SMILES string of the molecule is c1ccc(-c2nc(-c3cccc4c3sc3ccccc34)nc3c2oc2ccc(-c4cccc(-c5cccc6c5sc5ccccc56)c4)cc23)cc1. The molecule has 0 aliphatic carbocycles. The molecule has 0 saturated carbocycles. The number of rotatable bonds is 4. The second-order valence-electron chi connectivity index (χ2n) is 12.9. The molecule has 0 fully saturated rings. The highest BCUT2D eigenvalue weighted by Gasteiger charge is 2.21. The summed E-state index contributed by atoms with van der Waals surface area (Å²) in [4.78, 5) is 10.5. The lowest BCUT2D eigenvalue weighted by Crippen LogP contribution is -1.94. The Bertz CT molecular complexity index is 3150. The lowest BCUT2D eigenvalue weighted by Gasteiger charge is -2.08. The summed E-state index contributed by atoms with van der Waals surface area (Å²) in [5.74, 6) is 0.699. The molecule has 0 spiro atoms. The maximum absolute atomic E-state index is 6.60. The minimum absolute atomic E-state index is 0.699. The molecule has 0 bridgehead atoms. The van der Waals surface area contributed by atoms with Crippen molar-refractivity contribution in [2.75, 3.05) is 0 Å². The molecule has 4 aromatic heterocycles. The quantitative estimate of drug-likeness (QED) is 0.185. The summed E-state index contributed by atoms with van der Waals surface area (Å²) in [7, 11) is 0. The number of thiophene rings is 2. The topological polar surface area (TPSA) is 38.9 Å². The summed E-state index contributed by atoms with van der Waals surface area (Å²) < 4.78 is 11.7. The fraction of sp³-hybridized carbons (Fsp3) is 0. The van der Waals surface area contributed by atoms with Crippen LogP contribution in [0.25, 0.3) is 107 Å². The van der Waals surface area contributed by atoms with Crippen molar-refractivity contribution in [2.45, 2.75) is 0 Å². The zero-order chi connectivity index (χ0) is 33.5. The highest BCUT2D eigenvalue weighted by Crippen LogP contribution is 2.43. The second-order valence-corrected chi connectivity index (χ2v) is 15.0. The van der Waals surface area contributed by atoms with Crippen LogP contribution in [0.2, 0.25) is 0 Å². The molecule has 0 aliphatic rings. The van der Waals surface area contributed by atoms with Gasteiger partial charge in [0.15, 0.2) is 11.4 Å². The van der Waals surface area contributed by atoms with Gasteiger partial charge in [-0.05, 0) is 58.7 Å². The maximum atomic E-state index is 6.60. The van der Waals surface area contributed by atoms with E-state index in [2.05, 4.69) is 140 Å². The molecular formula is C46H26N2OS2. The van der Waals surface area contributed by atoms with Crippen molar-refractivity contribution < 1.29 is 4.42 Å². The molecule has 7 aromatic carbocycles. The van der Waals surface area contributed by atoms with Crippen LogP contribution in [0.4, 0.5) is 0 Å². The molecule has 4 heterocycles. The summed E-state index contributed by atoms with van der Waals surface area (Å²) in [5.41, 5.74) is 9.86. The number of hydrogen-bond acceptors (Lipinski definition) is 5. The predicted octanol–water partition coefficient (Wildman–Crippen LogP) is 13.8. The number of fused-ring (bicyclic) bond motifs is 9. The zero-order valence-corrected chi connectivity index (χ0v) is 28.8. The minimum atomic E-state index is 0.699. The van der Waals surface area contributed by atoms with Gasteiger partial charge in [0.05, 0.1) is 0 Å². The Morgan fingerprint density at radius 2 is 1.00 bits per heavy atom. The van der Waals surface area contributed by atoms with Crippen molar-refractivity contribution in [3.05, 3.63) is 158 Å². The summed E-state index contributed by atoms with van der Waals surface area (Å²) in [5, 5.41) is 6.08. The molecule has 0 unspecified atom stereocenters. The highest BCUT2D eigenvalue weighted by molar-refractivity contribution is 7.26. The van der Waals surface area contributed by atoms with Crippen LogP contribution in [0.3, 0.4) is 0 Å². The van der Waals surface area contributed by atoms with Crippen molar-refractivity contribution >= 4 is 85.1 Å². The van der Waals surface area contributed by atoms with E-state index in [0.717, 1.165) is 44.4 Å². The summed E-state index contributed by atoms with van der Waals surface area (Å²) in [6.07, 6.45) is 0. The van der Waals surface area contributed by atoms with Gasteiger partial charge in [-0.2, -0.15) is 0 Å². The van der Waals surface area contributed by atoms with Crippen molar-refractivity contribution in [1.29, 1.82) is 0 Å². The Hall–Kier alpha value is -6.14. The molecule has 0 radical (unpaired) electrons. The second kappa shape index (κ2) is 11.2. The van der Waals surface area contributed by atoms with Crippen LogP contribution in [-0.4, -0.2) is 9.97 Å². The predicted molar refractivity (Wildman–Crippen MR) is 217 cm³/mol. The van der Waals surface area contributed by atoms with Crippen LogP contribution in [0.5, 0.6) is 0 Å². The lowest BCUT2D eigenvalue weighted by molar-refractivity contribution is 0.667. The zero-order valence-electron chi connectivity index (χ0n) is 27.1. The Morgan fingerprint density at radius 1 is 0.412 bits per heavy atom. The van der Waals surface area contributed by atoms with Gasteiger partial charge < -0.3 is 4.42 Å². The fourth-order valence-electron chi connectivity index (χ4n) is 7.50. The molecular weight excluding hydrogens is 661 g/mol. The molecule has 11 aromatic rings. The normalized spacial score (nSPS) is 11.9. The molecule has 51 heavy (non-hydrogen) atoms. The molecule has 5 heteroatoms. The van der Waals surface area contributed by atoms with Gasteiger partial charge in [0.25, 0.3) is 0 Å². The summed E-state index contributed by atoms with van der Waals surface area (Å²) in [6, 6.07) is 56.0. The number of furan rings is 1. The Kier molecular flexibility index (Phi) is 6.29. The highest BCUT2D eigenvalue weighted by atomic mass is 32.1. The van der Waals surface area contributed by atoms with E-state index in [9.17, 15) is 0 Å². The van der Waals surface area contributed by atoms with Gasteiger partial charge in [-0.1, -0.05) is 121 Å². The first-order valence-corrected chi connectivity index (χ1v) is 18.6. The maximum Gasteiger partial charge on any atom is 0.180 e. The van der Waals surface area contributed by atoms with Gasteiger partial charge in [-0.15, -0.1) is 22.7 Å². The number of nitrogens with zero attached hydrogens (tertiary/aromatic N) is 2. The average Bonchev–Trinajstić information content (AvgIpc) is 3.89. The van der Waals surface area contributed by atoms with Gasteiger partial charge >= 0.3 is 0 Å². The van der Waals surface area contributed by atoms with Gasteiger partial charge in [-0.25, -0.2) is 9.97 Å². The third kappa shape index (κ3) is 4.49. The van der Waals surface area contributed by atoms with Gasteiger partial charge in [0.2, 0.25) is 0 Å². The first-order chi connectivity index (χ1) is 25.3.